The van der Waals surface area contributed by atoms with Gasteiger partial charge in [-0.2, -0.15) is 18.3 Å². The van der Waals surface area contributed by atoms with E-state index in [1.165, 1.54) is 15.3 Å². The average Bonchev–Trinajstić information content (AvgIpc) is 3.14. The first kappa shape index (κ1) is 18.7. The van der Waals surface area contributed by atoms with Gasteiger partial charge in [0.05, 0.1) is 30.1 Å². The lowest BCUT2D eigenvalue weighted by molar-refractivity contribution is -0.135. The van der Waals surface area contributed by atoms with Crippen LogP contribution in [0.5, 0.6) is 0 Å². The Labute approximate surface area is 156 Å². The number of hydrogen-bond acceptors (Lipinski definition) is 7. The molecule has 0 aliphatic carbocycles. The molecule has 2 aromatic rings. The molecule has 0 spiro atoms. The second-order valence-corrected chi connectivity index (χ2v) is 8.69. The van der Waals surface area contributed by atoms with Crippen molar-refractivity contribution >= 4 is 38.7 Å². The van der Waals surface area contributed by atoms with Crippen molar-refractivity contribution in [3.63, 3.8) is 0 Å². The van der Waals surface area contributed by atoms with Gasteiger partial charge in [-0.1, -0.05) is 6.07 Å². The van der Waals surface area contributed by atoms with Crippen molar-refractivity contribution in [2.75, 3.05) is 26.7 Å². The molecular formula is C16H19N5O3S2. The molecule has 0 saturated carbocycles. The second-order valence-electron chi connectivity index (χ2n) is 6.26. The molecule has 1 fully saturated rings. The lowest BCUT2D eigenvalue weighted by Crippen LogP contribution is -2.46. The molecule has 1 aliphatic heterocycles. The van der Waals surface area contributed by atoms with Crippen molar-refractivity contribution in [2.24, 2.45) is 5.92 Å². The molecule has 0 N–H and O–H groups in total. The number of hydrogen-bond donors (Lipinski definition) is 0. The van der Waals surface area contributed by atoms with Crippen LogP contribution in [0.3, 0.4) is 0 Å². The predicted octanol–water partition coefficient (Wildman–Crippen LogP) is 1.46. The third kappa shape index (κ3) is 3.56. The van der Waals surface area contributed by atoms with Gasteiger partial charge in [0, 0.05) is 26.7 Å². The number of carbonyl (C=O) groups is 1. The molecule has 1 amide bonds. The third-order valence-electron chi connectivity index (χ3n) is 4.54. The van der Waals surface area contributed by atoms with Gasteiger partial charge in [0.1, 0.15) is 15.9 Å². The lowest BCUT2D eigenvalue weighted by Gasteiger charge is -2.33. The minimum atomic E-state index is -3.75. The molecule has 0 bridgehead atoms. The smallest absolute Gasteiger partial charge is 0.245 e. The monoisotopic (exact) mass is 393 g/mol. The molecule has 0 unspecified atom stereocenters. The van der Waals surface area contributed by atoms with E-state index in [-0.39, 0.29) is 23.8 Å². The van der Waals surface area contributed by atoms with E-state index in [0.717, 1.165) is 11.7 Å². The van der Waals surface area contributed by atoms with Crippen LogP contribution >= 0.6 is 11.7 Å². The Morgan fingerprint density at radius 1 is 1.46 bits per heavy atom. The highest BCUT2D eigenvalue weighted by Gasteiger charge is 2.35. The first-order chi connectivity index (χ1) is 12.4. The summed E-state index contributed by atoms with van der Waals surface area (Å²) in [4.78, 5) is 14.2. The zero-order valence-corrected chi connectivity index (χ0v) is 16.0. The Balaban J connectivity index is 1.82. The van der Waals surface area contributed by atoms with E-state index < -0.39 is 15.9 Å². The van der Waals surface area contributed by atoms with Gasteiger partial charge >= 0.3 is 0 Å². The third-order valence-corrected chi connectivity index (χ3v) is 6.97. The standard InChI is InChI=1S/C16H19N5O3S2/c1-20(9-4-8-17)16(22)12-5-3-10-21(11-12)26(23,24)14-7-2-6-13-15(14)19-25-18-13/h2,6-7,12H,3-5,9-11H2,1H3/t12-/m1/s1. The topological polar surface area (TPSA) is 107 Å². The summed E-state index contributed by atoms with van der Waals surface area (Å²) in [7, 11) is -2.11. The fraction of sp³-hybridized carbons (Fsp3) is 0.500. The molecule has 1 aliphatic rings. The maximum atomic E-state index is 13.1. The Morgan fingerprint density at radius 3 is 3.04 bits per heavy atom. The van der Waals surface area contributed by atoms with E-state index in [2.05, 4.69) is 8.75 Å². The SMILES string of the molecule is CN(CCC#N)C(=O)[C@@H]1CCCN(S(=O)(=O)c2cccc3nsnc23)C1. The number of benzene rings is 1. The summed E-state index contributed by atoms with van der Waals surface area (Å²) in [6.45, 7) is 0.871. The number of amides is 1. The normalized spacial score (nSPS) is 18.5. The fourth-order valence-corrected chi connectivity index (χ4v) is 5.41. The van der Waals surface area contributed by atoms with Gasteiger partial charge in [-0.15, -0.1) is 0 Å². The predicted molar refractivity (Wildman–Crippen MR) is 96.8 cm³/mol. The molecule has 10 heteroatoms. The van der Waals surface area contributed by atoms with E-state index in [1.807, 2.05) is 6.07 Å². The Morgan fingerprint density at radius 2 is 2.27 bits per heavy atom. The summed E-state index contributed by atoms with van der Waals surface area (Å²) in [5.41, 5.74) is 0.925. The summed E-state index contributed by atoms with van der Waals surface area (Å²) >= 11 is 0.977. The summed E-state index contributed by atoms with van der Waals surface area (Å²) in [5.74, 6) is -0.510. The zero-order valence-electron chi connectivity index (χ0n) is 14.3. The summed E-state index contributed by atoms with van der Waals surface area (Å²) in [6.07, 6.45) is 1.52. The lowest BCUT2D eigenvalue weighted by atomic mass is 9.98. The fourth-order valence-electron chi connectivity index (χ4n) is 3.13. The Bertz CT molecular complexity index is 950. The van der Waals surface area contributed by atoms with Crippen LogP contribution in [0.1, 0.15) is 19.3 Å². The average molecular weight is 393 g/mol. The van der Waals surface area contributed by atoms with Gasteiger partial charge in [0.2, 0.25) is 15.9 Å². The van der Waals surface area contributed by atoms with Crippen molar-refractivity contribution in [1.82, 2.24) is 18.0 Å². The van der Waals surface area contributed by atoms with Gasteiger partial charge in [-0.05, 0) is 25.0 Å². The van der Waals surface area contributed by atoms with Crippen molar-refractivity contribution in [3.8, 4) is 6.07 Å². The zero-order chi connectivity index (χ0) is 18.7. The van der Waals surface area contributed by atoms with E-state index in [9.17, 15) is 13.2 Å². The first-order valence-electron chi connectivity index (χ1n) is 8.28. The van der Waals surface area contributed by atoms with E-state index in [4.69, 9.17) is 5.26 Å². The molecule has 8 nitrogen and oxygen atoms in total. The number of nitriles is 1. The molecule has 3 rings (SSSR count). The van der Waals surface area contributed by atoms with Crippen molar-refractivity contribution in [1.29, 1.82) is 5.26 Å². The maximum absolute atomic E-state index is 13.1. The number of carbonyl (C=O) groups excluding carboxylic acids is 1. The van der Waals surface area contributed by atoms with Crippen LogP contribution in [0.2, 0.25) is 0 Å². The highest BCUT2D eigenvalue weighted by atomic mass is 32.2. The molecule has 1 aromatic carbocycles. The summed E-state index contributed by atoms with van der Waals surface area (Å²) in [5, 5.41) is 8.67. The van der Waals surface area contributed by atoms with Crippen molar-refractivity contribution < 1.29 is 13.2 Å². The largest absolute Gasteiger partial charge is 0.344 e. The van der Waals surface area contributed by atoms with Crippen LogP contribution in [0.15, 0.2) is 23.1 Å². The van der Waals surface area contributed by atoms with Crippen LogP contribution < -0.4 is 0 Å². The molecular weight excluding hydrogens is 374 g/mol. The van der Waals surface area contributed by atoms with E-state index in [0.29, 0.717) is 37.0 Å². The summed E-state index contributed by atoms with van der Waals surface area (Å²) < 4.78 is 35.8. The van der Waals surface area contributed by atoms with Crippen molar-refractivity contribution in [3.05, 3.63) is 18.2 Å². The second kappa shape index (κ2) is 7.65. The van der Waals surface area contributed by atoms with Crippen LogP contribution in [-0.4, -0.2) is 59.0 Å². The van der Waals surface area contributed by atoms with Gasteiger partial charge in [0.15, 0.2) is 0 Å². The van der Waals surface area contributed by atoms with Crippen LogP contribution in [0.25, 0.3) is 11.0 Å². The van der Waals surface area contributed by atoms with E-state index in [1.54, 1.807) is 19.2 Å². The van der Waals surface area contributed by atoms with Gasteiger partial charge < -0.3 is 4.90 Å². The number of nitrogens with zero attached hydrogens (tertiary/aromatic N) is 5. The molecule has 138 valence electrons. The molecule has 1 saturated heterocycles. The highest BCUT2D eigenvalue weighted by Crippen LogP contribution is 2.28. The first-order valence-corrected chi connectivity index (χ1v) is 10.5. The van der Waals surface area contributed by atoms with Crippen LogP contribution in [-0.2, 0) is 14.8 Å². The molecule has 26 heavy (non-hydrogen) atoms. The minimum absolute atomic E-state index is 0.117. The van der Waals surface area contributed by atoms with E-state index >= 15 is 0 Å². The quantitative estimate of drug-likeness (QED) is 0.761. The van der Waals surface area contributed by atoms with Gasteiger partial charge in [-0.3, -0.25) is 4.79 Å². The Hall–Kier alpha value is -2.09. The minimum Gasteiger partial charge on any atom is -0.344 e. The number of rotatable bonds is 5. The van der Waals surface area contributed by atoms with Crippen LogP contribution in [0.4, 0.5) is 0 Å². The van der Waals surface area contributed by atoms with Crippen molar-refractivity contribution in [2.45, 2.75) is 24.2 Å². The van der Waals surface area contributed by atoms with Gasteiger partial charge in [-0.25, -0.2) is 8.42 Å². The number of fused-ring (bicyclic) bond motifs is 1. The number of aromatic nitrogens is 2. The number of sulfonamides is 1. The molecule has 1 aromatic heterocycles. The molecule has 1 atom stereocenters. The highest BCUT2D eigenvalue weighted by molar-refractivity contribution is 7.89. The van der Waals surface area contributed by atoms with Gasteiger partial charge in [0.25, 0.3) is 0 Å². The maximum Gasteiger partial charge on any atom is 0.245 e. The summed E-state index contributed by atoms with van der Waals surface area (Å²) in [6, 6.07) is 6.92. The number of piperidine rings is 1. The Kier molecular flexibility index (Phi) is 5.50. The van der Waals surface area contributed by atoms with Crippen LogP contribution in [0, 0.1) is 17.2 Å². The molecule has 0 radical (unpaired) electrons. The molecule has 2 heterocycles.